The van der Waals surface area contributed by atoms with E-state index in [1.165, 1.54) is 9.87 Å². The summed E-state index contributed by atoms with van der Waals surface area (Å²) in [6.45, 7) is 7.77. The summed E-state index contributed by atoms with van der Waals surface area (Å²) < 4.78 is 39.5. The molecule has 2 aromatic carbocycles. The third-order valence-electron chi connectivity index (χ3n) is 8.66. The van der Waals surface area contributed by atoms with E-state index in [1.54, 1.807) is 33.1 Å². The first-order valence-electron chi connectivity index (χ1n) is 14.2. The molecule has 0 saturated carbocycles. The van der Waals surface area contributed by atoms with Gasteiger partial charge in [-0.1, -0.05) is 6.07 Å². The van der Waals surface area contributed by atoms with Crippen molar-refractivity contribution < 1.29 is 17.9 Å². The van der Waals surface area contributed by atoms with Crippen LogP contribution in [-0.2, 0) is 21.4 Å². The lowest BCUT2D eigenvalue weighted by molar-refractivity contribution is -0.133. The number of benzene rings is 2. The number of imidazole rings is 1. The minimum Gasteiger partial charge on any atom is -0.497 e. The van der Waals surface area contributed by atoms with Crippen molar-refractivity contribution in [2.45, 2.75) is 63.6 Å². The summed E-state index contributed by atoms with van der Waals surface area (Å²) in [5.41, 5.74) is 5.42. The van der Waals surface area contributed by atoms with Crippen LogP contribution in [0.2, 0.25) is 0 Å². The van der Waals surface area contributed by atoms with Crippen LogP contribution in [0.3, 0.4) is 0 Å². The van der Waals surface area contributed by atoms with E-state index < -0.39 is 16.1 Å². The van der Waals surface area contributed by atoms with Gasteiger partial charge in [0, 0.05) is 50.5 Å². The summed E-state index contributed by atoms with van der Waals surface area (Å²) in [5.74, 6) is 0.609. The van der Waals surface area contributed by atoms with E-state index in [-0.39, 0.29) is 18.4 Å². The predicted octanol–water partition coefficient (Wildman–Crippen LogP) is 4.77. The minimum absolute atomic E-state index is 0.0161. The number of carbonyl (C=O) groups excluding carboxylic acids is 1. The maximum absolute atomic E-state index is 14.2. The number of aryl methyl sites for hydroxylation is 3. The first-order chi connectivity index (χ1) is 19.7. The smallest absolute Gasteiger partial charge is 0.244 e. The summed E-state index contributed by atoms with van der Waals surface area (Å²) >= 11 is 0. The number of rotatable bonds is 6. The van der Waals surface area contributed by atoms with E-state index in [4.69, 9.17) is 4.74 Å². The molecule has 2 aliphatic rings. The number of ether oxygens (including phenoxy) is 1. The number of aromatic nitrogens is 3. The average molecular weight is 576 g/mol. The molecule has 41 heavy (non-hydrogen) atoms. The number of nitrogens with zero attached hydrogens (tertiary/aromatic N) is 5. The fourth-order valence-corrected chi connectivity index (χ4v) is 8.62. The SMILES string of the molecule is COc1cc(C)c(S(=O)(=O)N2CCn3cccc3C2CC(=O)N2CCC(n3cnc4cc(C)ccc43)CC2)c(C)c1. The Morgan fingerprint density at radius 2 is 1.73 bits per heavy atom. The highest BCUT2D eigenvalue weighted by Crippen LogP contribution is 2.38. The Kier molecular flexibility index (Phi) is 7.15. The second-order valence-corrected chi connectivity index (χ2v) is 13.1. The largest absolute Gasteiger partial charge is 0.497 e. The fourth-order valence-electron chi connectivity index (χ4n) is 6.61. The molecule has 0 radical (unpaired) electrons. The van der Waals surface area contributed by atoms with Crippen LogP contribution in [0.25, 0.3) is 11.0 Å². The molecule has 1 saturated heterocycles. The Labute approximate surface area is 241 Å². The molecule has 1 fully saturated rings. The fraction of sp³-hybridized carbons (Fsp3) is 0.419. The Bertz CT molecular complexity index is 1690. The van der Waals surface area contributed by atoms with Crippen molar-refractivity contribution >= 4 is 27.0 Å². The summed E-state index contributed by atoms with van der Waals surface area (Å²) in [4.78, 5) is 20.5. The Balaban J connectivity index is 1.22. The Morgan fingerprint density at radius 1 is 1.00 bits per heavy atom. The number of fused-ring (bicyclic) bond motifs is 2. The number of amides is 1. The van der Waals surface area contributed by atoms with Crippen molar-refractivity contribution in [2.75, 3.05) is 26.7 Å². The van der Waals surface area contributed by atoms with Crippen LogP contribution in [0.5, 0.6) is 5.75 Å². The molecule has 1 unspecified atom stereocenters. The molecule has 1 amide bonds. The van der Waals surface area contributed by atoms with E-state index in [9.17, 15) is 13.2 Å². The van der Waals surface area contributed by atoms with Crippen molar-refractivity contribution in [3.63, 3.8) is 0 Å². The van der Waals surface area contributed by atoms with Crippen molar-refractivity contribution in [3.8, 4) is 5.75 Å². The lowest BCUT2D eigenvalue weighted by Gasteiger charge is -2.38. The molecule has 216 valence electrons. The lowest BCUT2D eigenvalue weighted by Crippen LogP contribution is -2.46. The topological polar surface area (TPSA) is 89.7 Å². The number of likely N-dealkylation sites (tertiary alicyclic amines) is 1. The van der Waals surface area contributed by atoms with Gasteiger partial charge in [0.2, 0.25) is 15.9 Å². The number of hydrogen-bond donors (Lipinski definition) is 0. The zero-order chi connectivity index (χ0) is 28.9. The zero-order valence-corrected chi connectivity index (χ0v) is 24.9. The molecule has 0 N–H and O–H groups in total. The first kappa shape index (κ1) is 27.5. The molecule has 4 aromatic rings. The Hall–Kier alpha value is -3.63. The molecule has 2 aliphatic heterocycles. The van der Waals surface area contributed by atoms with Crippen LogP contribution in [-0.4, -0.2) is 64.4 Å². The minimum atomic E-state index is -3.87. The van der Waals surface area contributed by atoms with Crippen molar-refractivity contribution in [1.29, 1.82) is 0 Å². The van der Waals surface area contributed by atoms with E-state index in [0.29, 0.717) is 48.0 Å². The molecule has 9 nitrogen and oxygen atoms in total. The van der Waals surface area contributed by atoms with Crippen molar-refractivity contribution in [2.24, 2.45) is 0 Å². The van der Waals surface area contributed by atoms with Crippen LogP contribution >= 0.6 is 0 Å². The van der Waals surface area contributed by atoms with Crippen LogP contribution in [0.4, 0.5) is 0 Å². The lowest BCUT2D eigenvalue weighted by atomic mass is 10.0. The molecular formula is C31H37N5O4S. The molecule has 6 rings (SSSR count). The number of sulfonamides is 1. The first-order valence-corrected chi connectivity index (χ1v) is 15.6. The number of piperidine rings is 1. The van der Waals surface area contributed by atoms with Gasteiger partial charge in [0.05, 0.1) is 35.4 Å². The third-order valence-corrected chi connectivity index (χ3v) is 10.9. The van der Waals surface area contributed by atoms with Gasteiger partial charge in [-0.3, -0.25) is 4.79 Å². The zero-order valence-electron chi connectivity index (χ0n) is 24.1. The summed E-state index contributed by atoms with van der Waals surface area (Å²) in [5, 5.41) is 0. The summed E-state index contributed by atoms with van der Waals surface area (Å²) in [6.07, 6.45) is 5.64. The molecule has 0 aliphatic carbocycles. The average Bonchev–Trinajstić information content (AvgIpc) is 3.59. The molecule has 4 heterocycles. The van der Waals surface area contributed by atoms with Crippen LogP contribution in [0.1, 0.15) is 53.7 Å². The quantitative estimate of drug-likeness (QED) is 0.330. The summed E-state index contributed by atoms with van der Waals surface area (Å²) in [6, 6.07) is 13.4. The van der Waals surface area contributed by atoms with E-state index >= 15 is 0 Å². The van der Waals surface area contributed by atoms with Crippen LogP contribution in [0.15, 0.2) is 59.9 Å². The highest BCUT2D eigenvalue weighted by Gasteiger charge is 2.40. The Morgan fingerprint density at radius 3 is 2.44 bits per heavy atom. The van der Waals surface area contributed by atoms with E-state index in [1.807, 2.05) is 29.6 Å². The third kappa shape index (κ3) is 4.93. The van der Waals surface area contributed by atoms with Crippen molar-refractivity contribution in [3.05, 3.63) is 77.4 Å². The monoisotopic (exact) mass is 575 g/mol. The molecule has 2 aromatic heterocycles. The molecule has 10 heteroatoms. The van der Waals surface area contributed by atoms with Crippen LogP contribution < -0.4 is 4.74 Å². The number of methoxy groups -OCH3 is 1. The predicted molar refractivity (Wildman–Crippen MR) is 157 cm³/mol. The van der Waals surface area contributed by atoms with E-state index in [0.717, 1.165) is 29.6 Å². The van der Waals surface area contributed by atoms with Crippen molar-refractivity contribution in [1.82, 2.24) is 23.3 Å². The van der Waals surface area contributed by atoms with Crippen LogP contribution in [0, 0.1) is 20.8 Å². The van der Waals surface area contributed by atoms with Gasteiger partial charge >= 0.3 is 0 Å². The second kappa shape index (κ2) is 10.6. The van der Waals surface area contributed by atoms with Gasteiger partial charge < -0.3 is 18.8 Å². The van der Waals surface area contributed by atoms with Gasteiger partial charge in [-0.25, -0.2) is 13.4 Å². The molecule has 0 bridgehead atoms. The van der Waals surface area contributed by atoms with Gasteiger partial charge in [0.25, 0.3) is 0 Å². The van der Waals surface area contributed by atoms with Gasteiger partial charge in [0.1, 0.15) is 5.75 Å². The molecule has 1 atom stereocenters. The van der Waals surface area contributed by atoms with E-state index in [2.05, 4.69) is 39.2 Å². The van der Waals surface area contributed by atoms with Gasteiger partial charge in [-0.15, -0.1) is 0 Å². The standard InChI is InChI=1S/C31H37N5O4S/c1-21-7-8-27-26(16-21)32-20-35(27)24-9-12-34(13-10-24)30(37)19-29-28-6-5-11-33(28)14-15-36(29)41(38,39)31-22(2)17-25(40-4)18-23(31)3/h5-8,11,16-18,20,24,29H,9-10,12-15,19H2,1-4H3. The van der Waals surface area contributed by atoms with Gasteiger partial charge in [0.15, 0.2) is 0 Å². The highest BCUT2D eigenvalue weighted by molar-refractivity contribution is 7.89. The summed E-state index contributed by atoms with van der Waals surface area (Å²) in [7, 11) is -2.30. The second-order valence-electron chi connectivity index (χ2n) is 11.3. The number of hydrogen-bond acceptors (Lipinski definition) is 5. The molecule has 0 spiro atoms. The van der Waals surface area contributed by atoms with Gasteiger partial charge in [-0.05, 0) is 86.7 Å². The molecular weight excluding hydrogens is 538 g/mol. The number of carbonyl (C=O) groups is 1. The maximum atomic E-state index is 14.2. The normalized spacial score (nSPS) is 18.5. The highest BCUT2D eigenvalue weighted by atomic mass is 32.2. The van der Waals surface area contributed by atoms with Gasteiger partial charge in [-0.2, -0.15) is 4.31 Å². The maximum Gasteiger partial charge on any atom is 0.244 e.